The van der Waals surface area contributed by atoms with Crippen molar-refractivity contribution in [2.75, 3.05) is 13.7 Å². The molecule has 1 saturated heterocycles. The van der Waals surface area contributed by atoms with Gasteiger partial charge in [0.1, 0.15) is 23.6 Å². The predicted molar refractivity (Wildman–Crippen MR) is 92.7 cm³/mol. The van der Waals surface area contributed by atoms with Gasteiger partial charge in [-0.05, 0) is 19.1 Å². The molecule has 0 bridgehead atoms. The summed E-state index contributed by atoms with van der Waals surface area (Å²) in [5, 5.41) is 8.32. The minimum absolute atomic E-state index is 0.148. The Morgan fingerprint density at radius 1 is 1.44 bits per heavy atom. The maximum absolute atomic E-state index is 12.2. The van der Waals surface area contributed by atoms with Crippen molar-refractivity contribution in [2.45, 2.75) is 45.9 Å². The van der Waals surface area contributed by atoms with Gasteiger partial charge in [-0.25, -0.2) is 4.79 Å². The number of benzene rings is 1. The van der Waals surface area contributed by atoms with Crippen LogP contribution in [0.1, 0.15) is 31.9 Å². The molecular weight excluding hydrogens is 322 g/mol. The Morgan fingerprint density at radius 3 is 2.84 bits per heavy atom. The van der Waals surface area contributed by atoms with Gasteiger partial charge in [0.05, 0.1) is 7.11 Å². The largest absolute Gasteiger partial charge is 0.496 e. The van der Waals surface area contributed by atoms with E-state index < -0.39 is 6.04 Å². The van der Waals surface area contributed by atoms with Crippen molar-refractivity contribution < 1.29 is 19.1 Å². The van der Waals surface area contributed by atoms with Gasteiger partial charge in [0.2, 0.25) is 5.91 Å². The molecule has 1 aromatic rings. The van der Waals surface area contributed by atoms with E-state index in [2.05, 4.69) is 16.0 Å². The van der Waals surface area contributed by atoms with E-state index in [1.165, 1.54) is 0 Å². The first-order valence-corrected chi connectivity index (χ1v) is 8.48. The molecule has 1 fully saturated rings. The summed E-state index contributed by atoms with van der Waals surface area (Å²) in [6.07, 6.45) is 1.00. The topological polar surface area (TPSA) is 88.7 Å². The lowest BCUT2D eigenvalue weighted by atomic mass is 9.87. The van der Waals surface area contributed by atoms with Crippen LogP contribution in [0.4, 0.5) is 4.79 Å². The molecule has 0 radical (unpaired) electrons. The van der Waals surface area contributed by atoms with Crippen LogP contribution >= 0.6 is 0 Å². The Labute approximate surface area is 147 Å². The number of hydrogen-bond acceptors (Lipinski definition) is 4. The minimum Gasteiger partial charge on any atom is -0.496 e. The zero-order chi connectivity index (χ0) is 18.2. The Kier molecular flexibility index (Phi) is 4.49. The molecule has 2 unspecified atom stereocenters. The summed E-state index contributed by atoms with van der Waals surface area (Å²) in [5.74, 6) is 1.40. The zero-order valence-electron chi connectivity index (χ0n) is 15.1. The van der Waals surface area contributed by atoms with Crippen LogP contribution in [0.2, 0.25) is 0 Å². The number of rotatable bonds is 4. The van der Waals surface area contributed by atoms with E-state index in [1.807, 2.05) is 32.9 Å². The molecule has 2 aliphatic rings. The van der Waals surface area contributed by atoms with Crippen molar-refractivity contribution in [2.24, 2.45) is 5.41 Å². The summed E-state index contributed by atoms with van der Waals surface area (Å²) < 4.78 is 11.2. The van der Waals surface area contributed by atoms with Crippen LogP contribution in [0.3, 0.4) is 0 Å². The van der Waals surface area contributed by atoms with Crippen molar-refractivity contribution in [1.29, 1.82) is 0 Å². The van der Waals surface area contributed by atoms with Crippen LogP contribution in [0.5, 0.6) is 11.5 Å². The Balaban J connectivity index is 1.64. The van der Waals surface area contributed by atoms with Crippen LogP contribution in [0, 0.1) is 5.41 Å². The molecule has 136 valence electrons. The second kappa shape index (κ2) is 6.46. The lowest BCUT2D eigenvalue weighted by Crippen LogP contribution is -2.50. The standard InChI is InChI=1S/C18H25N3O4/c1-10-5-11-6-13(24-4)12(7-14(11)25-10)8-19-17(23)21-15-16(22)20-9-18(15,2)3/h6-7,10,15H,5,8-9H2,1-4H3,(H,20,22)(H2,19,21,23). The molecule has 0 saturated carbocycles. The molecule has 2 heterocycles. The molecule has 3 rings (SSSR count). The molecule has 0 aliphatic carbocycles. The van der Waals surface area contributed by atoms with E-state index in [4.69, 9.17) is 9.47 Å². The quantitative estimate of drug-likeness (QED) is 0.767. The second-order valence-electron chi connectivity index (χ2n) is 7.37. The fraction of sp³-hybridized carbons (Fsp3) is 0.556. The van der Waals surface area contributed by atoms with Gasteiger partial charge in [-0.2, -0.15) is 0 Å². The normalized spacial score (nSPS) is 23.4. The first-order valence-electron chi connectivity index (χ1n) is 8.48. The highest BCUT2D eigenvalue weighted by Gasteiger charge is 2.42. The summed E-state index contributed by atoms with van der Waals surface area (Å²) in [6.45, 7) is 6.74. The van der Waals surface area contributed by atoms with Crippen LogP contribution in [0.25, 0.3) is 0 Å². The van der Waals surface area contributed by atoms with Crippen molar-refractivity contribution in [1.82, 2.24) is 16.0 Å². The lowest BCUT2D eigenvalue weighted by Gasteiger charge is -2.24. The molecule has 7 nitrogen and oxygen atoms in total. The van der Waals surface area contributed by atoms with E-state index in [1.54, 1.807) is 7.11 Å². The number of methoxy groups -OCH3 is 1. The average Bonchev–Trinajstić information content (AvgIpc) is 3.04. The first kappa shape index (κ1) is 17.4. The third kappa shape index (κ3) is 3.50. The van der Waals surface area contributed by atoms with Crippen molar-refractivity contribution in [3.8, 4) is 11.5 Å². The molecule has 3 amide bonds. The van der Waals surface area contributed by atoms with Gasteiger partial charge in [-0.3, -0.25) is 4.79 Å². The minimum atomic E-state index is -0.543. The molecule has 1 aromatic carbocycles. The summed E-state index contributed by atoms with van der Waals surface area (Å²) in [4.78, 5) is 24.1. The van der Waals surface area contributed by atoms with Gasteiger partial charge in [0.15, 0.2) is 0 Å². The van der Waals surface area contributed by atoms with Crippen LogP contribution < -0.4 is 25.4 Å². The van der Waals surface area contributed by atoms with Crippen molar-refractivity contribution in [3.63, 3.8) is 0 Å². The van der Waals surface area contributed by atoms with Crippen LogP contribution in [-0.4, -0.2) is 37.7 Å². The highest BCUT2D eigenvalue weighted by Crippen LogP contribution is 2.35. The molecule has 25 heavy (non-hydrogen) atoms. The number of hydrogen-bond donors (Lipinski definition) is 3. The number of ether oxygens (including phenoxy) is 2. The number of amides is 3. The maximum Gasteiger partial charge on any atom is 0.315 e. The monoisotopic (exact) mass is 347 g/mol. The smallest absolute Gasteiger partial charge is 0.315 e. The summed E-state index contributed by atoms with van der Waals surface area (Å²) in [7, 11) is 1.61. The Morgan fingerprint density at radius 2 is 2.20 bits per heavy atom. The van der Waals surface area contributed by atoms with Gasteiger partial charge in [-0.1, -0.05) is 13.8 Å². The molecule has 3 N–H and O–H groups in total. The Hall–Kier alpha value is -2.44. The molecular formula is C18H25N3O4. The number of nitrogens with one attached hydrogen (secondary N) is 3. The number of fused-ring (bicyclic) bond motifs is 1. The van der Waals surface area contributed by atoms with Crippen LogP contribution in [-0.2, 0) is 17.8 Å². The lowest BCUT2D eigenvalue weighted by molar-refractivity contribution is -0.121. The maximum atomic E-state index is 12.2. The summed E-state index contributed by atoms with van der Waals surface area (Å²) >= 11 is 0. The zero-order valence-corrected chi connectivity index (χ0v) is 15.1. The molecule has 2 atom stereocenters. The fourth-order valence-corrected chi connectivity index (χ4v) is 3.30. The number of carbonyl (C=O) groups is 2. The number of urea groups is 1. The highest BCUT2D eigenvalue weighted by molar-refractivity contribution is 5.89. The predicted octanol–water partition coefficient (Wildman–Crippen LogP) is 1.34. The molecule has 2 aliphatic heterocycles. The Bertz CT molecular complexity index is 702. The van der Waals surface area contributed by atoms with Crippen molar-refractivity contribution >= 4 is 11.9 Å². The number of carbonyl (C=O) groups excluding carboxylic acids is 2. The molecule has 7 heteroatoms. The van der Waals surface area contributed by atoms with Crippen molar-refractivity contribution in [3.05, 3.63) is 23.3 Å². The van der Waals surface area contributed by atoms with Gasteiger partial charge in [-0.15, -0.1) is 0 Å². The highest BCUT2D eigenvalue weighted by atomic mass is 16.5. The fourth-order valence-electron chi connectivity index (χ4n) is 3.30. The van der Waals surface area contributed by atoms with Gasteiger partial charge in [0, 0.05) is 36.1 Å². The van der Waals surface area contributed by atoms with Gasteiger partial charge >= 0.3 is 6.03 Å². The SMILES string of the molecule is COc1cc2c(cc1CNC(=O)NC1C(=O)NCC1(C)C)OC(C)C2. The molecule has 0 aromatic heterocycles. The van der Waals surface area contributed by atoms with E-state index in [-0.39, 0.29) is 30.0 Å². The van der Waals surface area contributed by atoms with Crippen LogP contribution in [0.15, 0.2) is 12.1 Å². The average molecular weight is 347 g/mol. The van der Waals surface area contributed by atoms with E-state index in [0.29, 0.717) is 6.54 Å². The van der Waals surface area contributed by atoms with E-state index in [9.17, 15) is 9.59 Å². The summed E-state index contributed by atoms with van der Waals surface area (Å²) in [5.41, 5.74) is 1.63. The third-order valence-electron chi connectivity index (χ3n) is 4.78. The first-order chi connectivity index (χ1) is 11.8. The second-order valence-corrected chi connectivity index (χ2v) is 7.37. The van der Waals surface area contributed by atoms with E-state index in [0.717, 1.165) is 29.0 Å². The van der Waals surface area contributed by atoms with Gasteiger partial charge < -0.3 is 25.4 Å². The third-order valence-corrected chi connectivity index (χ3v) is 4.78. The summed E-state index contributed by atoms with van der Waals surface area (Å²) in [6, 6.07) is 2.94. The van der Waals surface area contributed by atoms with Gasteiger partial charge in [0.25, 0.3) is 0 Å². The van der Waals surface area contributed by atoms with E-state index >= 15 is 0 Å². The molecule has 0 spiro atoms.